The fourth-order valence-electron chi connectivity index (χ4n) is 2.64. The number of carbonyl (C=O) groups is 1. The number of rotatable bonds is 8. The second kappa shape index (κ2) is 8.84. The SMILES string of the molecule is CCCN(Cc1nccn1CC(F)(F)F)C(C)C(=O)Nc1ccccc1. The maximum absolute atomic E-state index is 12.7. The fourth-order valence-corrected chi connectivity index (χ4v) is 2.64. The predicted molar refractivity (Wildman–Crippen MR) is 93.5 cm³/mol. The Balaban J connectivity index is 2.08. The predicted octanol–water partition coefficient (Wildman–Crippen LogP) is 3.68. The molecule has 5 nitrogen and oxygen atoms in total. The normalized spacial score (nSPS) is 13.0. The summed E-state index contributed by atoms with van der Waals surface area (Å²) in [6.07, 6.45) is -0.897. The summed E-state index contributed by atoms with van der Waals surface area (Å²) >= 11 is 0. The van der Waals surface area contributed by atoms with E-state index >= 15 is 0 Å². The summed E-state index contributed by atoms with van der Waals surface area (Å²) in [6, 6.07) is 8.54. The molecule has 0 fully saturated rings. The molecule has 1 N–H and O–H groups in total. The molecule has 2 rings (SSSR count). The zero-order valence-electron chi connectivity index (χ0n) is 14.8. The molecule has 0 aliphatic rings. The third-order valence-electron chi connectivity index (χ3n) is 3.98. The summed E-state index contributed by atoms with van der Waals surface area (Å²) in [5, 5.41) is 2.83. The van der Waals surface area contributed by atoms with E-state index in [2.05, 4.69) is 10.3 Å². The highest BCUT2D eigenvalue weighted by atomic mass is 19.4. The lowest BCUT2D eigenvalue weighted by Crippen LogP contribution is -2.42. The van der Waals surface area contributed by atoms with Crippen molar-refractivity contribution in [2.75, 3.05) is 11.9 Å². The molecule has 8 heteroatoms. The van der Waals surface area contributed by atoms with Gasteiger partial charge in [0.15, 0.2) is 0 Å². The van der Waals surface area contributed by atoms with E-state index in [1.54, 1.807) is 19.1 Å². The fraction of sp³-hybridized carbons (Fsp3) is 0.444. The zero-order valence-corrected chi connectivity index (χ0v) is 14.8. The number of halogens is 3. The number of alkyl halides is 3. The summed E-state index contributed by atoms with van der Waals surface area (Å²) in [7, 11) is 0. The van der Waals surface area contributed by atoms with Gasteiger partial charge in [-0.2, -0.15) is 13.2 Å². The first-order chi connectivity index (χ1) is 12.3. The van der Waals surface area contributed by atoms with Crippen molar-refractivity contribution in [3.63, 3.8) is 0 Å². The number of anilines is 1. The van der Waals surface area contributed by atoms with E-state index in [9.17, 15) is 18.0 Å². The molecule has 0 aliphatic heterocycles. The number of aromatic nitrogens is 2. The van der Waals surface area contributed by atoms with Crippen molar-refractivity contribution < 1.29 is 18.0 Å². The molecule has 0 spiro atoms. The van der Waals surface area contributed by atoms with E-state index in [1.165, 1.54) is 12.4 Å². The van der Waals surface area contributed by atoms with Gasteiger partial charge in [0.05, 0.1) is 12.6 Å². The average Bonchev–Trinajstić information content (AvgIpc) is 2.99. The van der Waals surface area contributed by atoms with Crippen LogP contribution in [0.25, 0.3) is 0 Å². The molecule has 1 aromatic heterocycles. The molecule has 142 valence electrons. The van der Waals surface area contributed by atoms with Gasteiger partial charge in [0.2, 0.25) is 5.91 Å². The van der Waals surface area contributed by atoms with Crippen LogP contribution >= 0.6 is 0 Å². The number of nitrogens with one attached hydrogen (secondary N) is 1. The van der Waals surface area contributed by atoms with Gasteiger partial charge in [0.1, 0.15) is 12.4 Å². The maximum atomic E-state index is 12.7. The van der Waals surface area contributed by atoms with Gasteiger partial charge in [-0.05, 0) is 32.0 Å². The number of amides is 1. The van der Waals surface area contributed by atoms with Crippen molar-refractivity contribution in [1.82, 2.24) is 14.5 Å². The number of benzene rings is 1. The van der Waals surface area contributed by atoms with Gasteiger partial charge in [-0.3, -0.25) is 9.69 Å². The van der Waals surface area contributed by atoms with E-state index in [4.69, 9.17) is 0 Å². The molecule has 0 bridgehead atoms. The number of nitrogens with zero attached hydrogens (tertiary/aromatic N) is 3. The van der Waals surface area contributed by atoms with E-state index in [1.807, 2.05) is 30.0 Å². The Hall–Kier alpha value is -2.35. The Morgan fingerprint density at radius 2 is 2.00 bits per heavy atom. The molecular formula is C18H23F3N4O. The second-order valence-electron chi connectivity index (χ2n) is 6.09. The minimum atomic E-state index is -4.32. The summed E-state index contributed by atoms with van der Waals surface area (Å²) in [5.74, 6) is 0.0775. The van der Waals surface area contributed by atoms with E-state index in [0.717, 1.165) is 11.0 Å². The quantitative estimate of drug-likeness (QED) is 0.773. The third kappa shape index (κ3) is 5.87. The highest BCUT2D eigenvalue weighted by Gasteiger charge is 2.30. The Morgan fingerprint density at radius 1 is 1.31 bits per heavy atom. The molecule has 0 aliphatic carbocycles. The number of para-hydroxylation sites is 1. The monoisotopic (exact) mass is 368 g/mol. The van der Waals surface area contributed by atoms with Gasteiger partial charge < -0.3 is 9.88 Å². The van der Waals surface area contributed by atoms with Crippen LogP contribution in [0.1, 0.15) is 26.1 Å². The smallest absolute Gasteiger partial charge is 0.325 e. The van der Waals surface area contributed by atoms with Gasteiger partial charge in [-0.15, -0.1) is 0 Å². The minimum Gasteiger partial charge on any atom is -0.325 e. The van der Waals surface area contributed by atoms with Crippen molar-refractivity contribution in [3.8, 4) is 0 Å². The van der Waals surface area contributed by atoms with Crippen molar-refractivity contribution in [2.24, 2.45) is 0 Å². The van der Waals surface area contributed by atoms with Crippen molar-refractivity contribution in [3.05, 3.63) is 48.5 Å². The molecule has 1 amide bonds. The molecule has 1 atom stereocenters. The highest BCUT2D eigenvalue weighted by Crippen LogP contribution is 2.19. The number of imidazole rings is 1. The first kappa shape index (κ1) is 20.0. The van der Waals surface area contributed by atoms with Crippen LogP contribution < -0.4 is 5.32 Å². The first-order valence-electron chi connectivity index (χ1n) is 8.47. The zero-order chi connectivity index (χ0) is 19.2. The number of carbonyl (C=O) groups excluding carboxylic acids is 1. The van der Waals surface area contributed by atoms with Crippen LogP contribution in [-0.4, -0.2) is 39.1 Å². The maximum Gasteiger partial charge on any atom is 0.406 e. The largest absolute Gasteiger partial charge is 0.406 e. The Kier molecular flexibility index (Phi) is 6.79. The van der Waals surface area contributed by atoms with Gasteiger partial charge in [-0.1, -0.05) is 25.1 Å². The molecular weight excluding hydrogens is 345 g/mol. The molecule has 1 heterocycles. The molecule has 26 heavy (non-hydrogen) atoms. The summed E-state index contributed by atoms with van der Waals surface area (Å²) in [5.41, 5.74) is 0.680. The van der Waals surface area contributed by atoms with E-state index < -0.39 is 18.8 Å². The molecule has 2 aromatic rings. The molecule has 0 saturated carbocycles. The van der Waals surface area contributed by atoms with Gasteiger partial charge >= 0.3 is 6.18 Å². The van der Waals surface area contributed by atoms with Gasteiger partial charge in [-0.25, -0.2) is 4.98 Å². The van der Waals surface area contributed by atoms with Crippen LogP contribution in [0.2, 0.25) is 0 Å². The number of hydrogen-bond donors (Lipinski definition) is 1. The van der Waals surface area contributed by atoms with E-state index in [-0.39, 0.29) is 18.3 Å². The topological polar surface area (TPSA) is 50.2 Å². The lowest BCUT2D eigenvalue weighted by molar-refractivity contribution is -0.141. The summed E-state index contributed by atoms with van der Waals surface area (Å²) < 4.78 is 39.1. The number of hydrogen-bond acceptors (Lipinski definition) is 3. The van der Waals surface area contributed by atoms with Crippen LogP contribution in [0.3, 0.4) is 0 Å². The van der Waals surface area contributed by atoms with Crippen LogP contribution in [0, 0.1) is 0 Å². The van der Waals surface area contributed by atoms with Crippen molar-refractivity contribution in [2.45, 2.75) is 45.6 Å². The van der Waals surface area contributed by atoms with Crippen LogP contribution in [0.15, 0.2) is 42.7 Å². The van der Waals surface area contributed by atoms with Crippen molar-refractivity contribution >= 4 is 11.6 Å². The van der Waals surface area contributed by atoms with Gasteiger partial charge in [0.25, 0.3) is 0 Å². The van der Waals surface area contributed by atoms with Crippen LogP contribution in [-0.2, 0) is 17.9 Å². The lowest BCUT2D eigenvalue weighted by atomic mass is 10.2. The average molecular weight is 368 g/mol. The van der Waals surface area contributed by atoms with Crippen LogP contribution in [0.4, 0.5) is 18.9 Å². The van der Waals surface area contributed by atoms with E-state index in [0.29, 0.717) is 12.2 Å². The second-order valence-corrected chi connectivity index (χ2v) is 6.09. The Morgan fingerprint density at radius 3 is 2.62 bits per heavy atom. The molecule has 1 aromatic carbocycles. The Bertz CT molecular complexity index is 700. The molecule has 1 unspecified atom stereocenters. The molecule has 0 radical (unpaired) electrons. The first-order valence-corrected chi connectivity index (χ1v) is 8.47. The van der Waals surface area contributed by atoms with Gasteiger partial charge in [0, 0.05) is 18.1 Å². The minimum absolute atomic E-state index is 0.167. The summed E-state index contributed by atoms with van der Waals surface area (Å²) in [4.78, 5) is 18.4. The van der Waals surface area contributed by atoms with Crippen molar-refractivity contribution in [1.29, 1.82) is 0 Å². The summed E-state index contributed by atoms with van der Waals surface area (Å²) in [6.45, 7) is 3.34. The Labute approximate surface area is 150 Å². The third-order valence-corrected chi connectivity index (χ3v) is 3.98. The standard InChI is InChI=1S/C18H23F3N4O/c1-3-10-24(12-16-22-9-11-25(16)13-18(19,20)21)14(2)17(26)23-15-7-5-4-6-8-15/h4-9,11,14H,3,10,12-13H2,1-2H3,(H,23,26). The highest BCUT2D eigenvalue weighted by molar-refractivity contribution is 5.94. The lowest BCUT2D eigenvalue weighted by Gasteiger charge is -2.28. The molecule has 0 saturated heterocycles. The van der Waals surface area contributed by atoms with Crippen LogP contribution in [0.5, 0.6) is 0 Å².